The maximum atomic E-state index is 11.8. The molecule has 7 aromatic carbocycles. The van der Waals surface area contributed by atoms with Crippen LogP contribution in [0.4, 0.5) is 22.7 Å². The molecule has 9 aromatic rings. The van der Waals surface area contributed by atoms with Gasteiger partial charge in [0.25, 0.3) is 0 Å². The van der Waals surface area contributed by atoms with Crippen LogP contribution in [0.3, 0.4) is 0 Å². The number of para-hydroxylation sites is 4. The number of hydrogen-bond acceptors (Lipinski definition) is 8. The number of anilines is 4. The van der Waals surface area contributed by atoms with Gasteiger partial charge >= 0.3 is 0 Å². The Kier molecular flexibility index (Phi) is 19.9. The summed E-state index contributed by atoms with van der Waals surface area (Å²) in [6.07, 6.45) is 0. The van der Waals surface area contributed by atoms with E-state index < -0.39 is 11.5 Å². The molecule has 0 bridgehead atoms. The number of nitrogens with one attached hydrogen (secondary N) is 4. The largest absolute Gasteiger partial charge is 0.872 e. The van der Waals surface area contributed by atoms with E-state index in [9.17, 15) is 10.2 Å². The smallest absolute Gasteiger partial charge is 0.0657 e. The zero-order chi connectivity index (χ0) is 48.2. The molecule has 4 N–H and O–H groups in total. The standard InChI is InChI=1S/2C23H27N3.C14H10O2.2Co/c2*1-16-10-5-7-12-20(16)24-18(3)22-14-9-15-23(26-22)19(4)25-21-13-8-6-11-17(21)2;15-13-11-7-3-1-5-9(11)10-6-2-4-8-12(10)14(13)16;;/h2*5-15,18-19,24-25H,1-4H3;1-8,15-16H;;/p-2. The summed E-state index contributed by atoms with van der Waals surface area (Å²) in [7, 11) is 0. The fourth-order valence-electron chi connectivity index (χ4n) is 8.15. The van der Waals surface area contributed by atoms with Crippen LogP contribution in [0.25, 0.3) is 21.5 Å². The molecular weight excluding hydrogens is 955 g/mol. The van der Waals surface area contributed by atoms with E-state index in [0.29, 0.717) is 10.8 Å². The molecule has 0 aliphatic carbocycles. The zero-order valence-electron chi connectivity index (χ0n) is 41.0. The van der Waals surface area contributed by atoms with E-state index in [2.05, 4.69) is 210 Å². The Morgan fingerprint density at radius 3 is 0.757 bits per heavy atom. The first-order valence-corrected chi connectivity index (χ1v) is 23.4. The van der Waals surface area contributed by atoms with Crippen LogP contribution in [0.2, 0.25) is 0 Å². The number of fused-ring (bicyclic) bond motifs is 3. The molecule has 2 radical (unpaired) electrons. The average molecular weight is 1020 g/mol. The Balaban J connectivity index is 0.000000198. The van der Waals surface area contributed by atoms with Crippen molar-refractivity contribution < 1.29 is 43.8 Å². The summed E-state index contributed by atoms with van der Waals surface area (Å²) in [5.41, 5.74) is 13.8. The Morgan fingerprint density at radius 2 is 0.514 bits per heavy atom. The first kappa shape index (κ1) is 54.1. The summed E-state index contributed by atoms with van der Waals surface area (Å²) in [6.45, 7) is 17.1. The van der Waals surface area contributed by atoms with Gasteiger partial charge in [-0.1, -0.05) is 133 Å². The maximum absolute atomic E-state index is 11.8. The summed E-state index contributed by atoms with van der Waals surface area (Å²) >= 11 is 0. The normalized spacial score (nSPS) is 12.2. The molecule has 4 unspecified atom stereocenters. The van der Waals surface area contributed by atoms with Gasteiger partial charge in [-0.25, -0.2) is 0 Å². The second-order valence-corrected chi connectivity index (χ2v) is 17.4. The average Bonchev–Trinajstić information content (AvgIpc) is 3.36. The maximum Gasteiger partial charge on any atom is 0.0657 e. The Hall–Kier alpha value is -6.83. The van der Waals surface area contributed by atoms with Crippen LogP contribution in [0, 0.1) is 27.7 Å². The second-order valence-electron chi connectivity index (χ2n) is 17.4. The van der Waals surface area contributed by atoms with Gasteiger partial charge in [0, 0.05) is 56.3 Å². The number of pyridine rings is 2. The number of hydrogen-bond donors (Lipinski definition) is 4. The van der Waals surface area contributed by atoms with Crippen LogP contribution in [0.1, 0.15) is 96.9 Å². The third-order valence-electron chi connectivity index (χ3n) is 12.3. The minimum Gasteiger partial charge on any atom is -0.872 e. The number of rotatable bonds is 12. The van der Waals surface area contributed by atoms with Crippen LogP contribution in [-0.4, -0.2) is 9.97 Å². The number of aromatic nitrogens is 2. The summed E-state index contributed by atoms with van der Waals surface area (Å²) in [6, 6.07) is 60.9. The molecule has 0 saturated heterocycles. The molecule has 364 valence electrons. The van der Waals surface area contributed by atoms with Gasteiger partial charge in [-0.3, -0.25) is 9.97 Å². The summed E-state index contributed by atoms with van der Waals surface area (Å²) in [5.74, 6) is -0.816. The van der Waals surface area contributed by atoms with Gasteiger partial charge in [0.15, 0.2) is 0 Å². The Labute approximate surface area is 434 Å². The fraction of sp³-hybridized carbons (Fsp3) is 0.200. The molecule has 2 aromatic heterocycles. The van der Waals surface area contributed by atoms with Crippen molar-refractivity contribution in [2.24, 2.45) is 0 Å². The Morgan fingerprint density at radius 1 is 0.300 bits per heavy atom. The second kappa shape index (κ2) is 25.7. The molecule has 0 aliphatic heterocycles. The SMILES string of the molecule is Cc1ccccc1NC(C)c1cccc(C(C)Nc2ccccc2C)n1.Cc1ccccc1NC(C)c1cccc(C(C)Nc2ccccc2C)n1.[Co].[Co].[O-]c1c([O-])c2ccccc2c2ccccc12. The molecule has 0 saturated carbocycles. The van der Waals surface area contributed by atoms with Gasteiger partial charge in [0.1, 0.15) is 0 Å². The third-order valence-corrected chi connectivity index (χ3v) is 12.3. The minimum atomic E-state index is -0.408. The fourth-order valence-corrected chi connectivity index (χ4v) is 8.15. The molecule has 0 fully saturated rings. The van der Waals surface area contributed by atoms with Crippen molar-refractivity contribution in [1.29, 1.82) is 0 Å². The quantitative estimate of drug-likeness (QED) is 0.0894. The van der Waals surface area contributed by atoms with Gasteiger partial charge < -0.3 is 31.5 Å². The predicted molar refractivity (Wildman–Crippen MR) is 282 cm³/mol. The van der Waals surface area contributed by atoms with E-state index in [1.165, 1.54) is 22.3 Å². The van der Waals surface area contributed by atoms with E-state index in [-0.39, 0.29) is 57.7 Å². The topological polar surface area (TPSA) is 120 Å². The van der Waals surface area contributed by atoms with Gasteiger partial charge in [-0.15, -0.1) is 11.5 Å². The van der Waals surface area contributed by atoms with Crippen molar-refractivity contribution in [3.63, 3.8) is 0 Å². The van der Waals surface area contributed by atoms with E-state index in [1.807, 2.05) is 24.3 Å². The molecule has 0 amide bonds. The van der Waals surface area contributed by atoms with E-state index >= 15 is 0 Å². The molecule has 4 atom stereocenters. The summed E-state index contributed by atoms with van der Waals surface area (Å²) in [5, 5.41) is 40.6. The van der Waals surface area contributed by atoms with Crippen molar-refractivity contribution in [3.05, 3.63) is 227 Å². The molecule has 2 heterocycles. The monoisotopic (exact) mass is 1020 g/mol. The zero-order valence-corrected chi connectivity index (χ0v) is 43.1. The van der Waals surface area contributed by atoms with Crippen LogP contribution in [-0.2, 0) is 33.6 Å². The third kappa shape index (κ3) is 13.7. The van der Waals surface area contributed by atoms with Gasteiger partial charge in [-0.05, 0) is 148 Å². The molecule has 10 heteroatoms. The molecule has 0 spiro atoms. The Bertz CT molecular complexity index is 2760. The van der Waals surface area contributed by atoms with Crippen molar-refractivity contribution in [2.75, 3.05) is 21.3 Å². The van der Waals surface area contributed by atoms with Crippen molar-refractivity contribution >= 4 is 44.3 Å². The van der Waals surface area contributed by atoms with Gasteiger partial charge in [0.2, 0.25) is 0 Å². The van der Waals surface area contributed by atoms with Crippen molar-refractivity contribution in [3.8, 4) is 11.5 Å². The van der Waals surface area contributed by atoms with E-state index in [0.717, 1.165) is 56.3 Å². The molecular formula is C60H62Co2N6O2-2. The molecule has 0 aliphatic rings. The van der Waals surface area contributed by atoms with Crippen LogP contribution in [0.5, 0.6) is 11.5 Å². The summed E-state index contributed by atoms with van der Waals surface area (Å²) < 4.78 is 0. The van der Waals surface area contributed by atoms with Crippen molar-refractivity contribution in [2.45, 2.75) is 79.6 Å². The van der Waals surface area contributed by atoms with Crippen LogP contribution in [0.15, 0.2) is 182 Å². The first-order chi connectivity index (χ1) is 32.9. The van der Waals surface area contributed by atoms with Crippen LogP contribution < -0.4 is 31.5 Å². The molecule has 70 heavy (non-hydrogen) atoms. The van der Waals surface area contributed by atoms with E-state index in [4.69, 9.17) is 9.97 Å². The number of benzene rings is 7. The van der Waals surface area contributed by atoms with Crippen molar-refractivity contribution in [1.82, 2.24) is 9.97 Å². The minimum absolute atomic E-state index is 0. The molecule has 9 rings (SSSR count). The predicted octanol–water partition coefficient (Wildman–Crippen LogP) is 14.2. The molecule has 8 nitrogen and oxygen atoms in total. The van der Waals surface area contributed by atoms with Gasteiger partial charge in [-0.2, -0.15) is 0 Å². The van der Waals surface area contributed by atoms with E-state index in [1.54, 1.807) is 24.3 Å². The number of nitrogens with zero attached hydrogens (tertiary/aromatic N) is 2. The number of aryl methyl sites for hydroxylation is 4. The van der Waals surface area contributed by atoms with Gasteiger partial charge in [0.05, 0.1) is 46.9 Å². The first-order valence-electron chi connectivity index (χ1n) is 23.4. The summed E-state index contributed by atoms with van der Waals surface area (Å²) in [4.78, 5) is 9.80. The van der Waals surface area contributed by atoms with Crippen LogP contribution >= 0.6 is 0 Å².